The van der Waals surface area contributed by atoms with Gasteiger partial charge in [0.05, 0.1) is 6.04 Å². The molecule has 2 fully saturated rings. The summed E-state index contributed by atoms with van der Waals surface area (Å²) in [6, 6.07) is 8.51. The van der Waals surface area contributed by atoms with Crippen LogP contribution in [0.4, 0.5) is 15.3 Å². The summed E-state index contributed by atoms with van der Waals surface area (Å²) < 4.78 is 5.68. The molecule has 2 aromatic rings. The van der Waals surface area contributed by atoms with Gasteiger partial charge in [-0.1, -0.05) is 12.1 Å². The Balaban J connectivity index is 1.35. The topological polar surface area (TPSA) is 121 Å². The maximum atomic E-state index is 13.6. The van der Waals surface area contributed by atoms with Gasteiger partial charge in [-0.3, -0.25) is 14.6 Å². The highest BCUT2D eigenvalue weighted by molar-refractivity contribution is 6.06. The molecule has 3 heterocycles. The van der Waals surface area contributed by atoms with E-state index in [9.17, 15) is 19.2 Å². The van der Waals surface area contributed by atoms with Gasteiger partial charge in [-0.05, 0) is 62.4 Å². The van der Waals surface area contributed by atoms with Gasteiger partial charge in [-0.15, -0.1) is 0 Å². The number of hydrogen-bond donors (Lipinski definition) is 2. The van der Waals surface area contributed by atoms with E-state index in [1.54, 1.807) is 29.3 Å². The van der Waals surface area contributed by atoms with E-state index in [-0.39, 0.29) is 30.6 Å². The lowest BCUT2D eigenvalue weighted by atomic mass is 9.94. The largest absolute Gasteiger partial charge is 0.427 e. The third kappa shape index (κ3) is 3.86. The summed E-state index contributed by atoms with van der Waals surface area (Å²) in [5.41, 5.74) is 2.39. The summed E-state index contributed by atoms with van der Waals surface area (Å²) in [7, 11) is 1.52. The van der Waals surface area contributed by atoms with Gasteiger partial charge in [-0.2, -0.15) is 0 Å². The first-order valence-corrected chi connectivity index (χ1v) is 12.1. The highest BCUT2D eigenvalue weighted by atomic mass is 16.6. The Kier molecular flexibility index (Phi) is 5.89. The first kappa shape index (κ1) is 23.8. The quantitative estimate of drug-likeness (QED) is 0.678. The monoisotopic (exact) mass is 491 g/mol. The maximum Gasteiger partial charge on any atom is 0.418 e. The summed E-state index contributed by atoms with van der Waals surface area (Å²) in [4.78, 5) is 58.6. The Bertz CT molecular complexity index is 1250. The number of pyridine rings is 1. The van der Waals surface area contributed by atoms with E-state index < -0.39 is 17.6 Å². The minimum Gasteiger partial charge on any atom is -0.427 e. The molecule has 10 heteroatoms. The van der Waals surface area contributed by atoms with Crippen molar-refractivity contribution >= 4 is 29.6 Å². The van der Waals surface area contributed by atoms with Gasteiger partial charge < -0.3 is 20.3 Å². The molecule has 36 heavy (non-hydrogen) atoms. The zero-order chi connectivity index (χ0) is 25.6. The van der Waals surface area contributed by atoms with Crippen molar-refractivity contribution in [3.8, 4) is 0 Å². The highest BCUT2D eigenvalue weighted by Crippen LogP contribution is 2.46. The number of urea groups is 1. The molecule has 1 spiro atoms. The van der Waals surface area contributed by atoms with Crippen LogP contribution in [0.25, 0.3) is 0 Å². The maximum absolute atomic E-state index is 13.6. The normalized spacial score (nSPS) is 24.8. The second-order valence-electron chi connectivity index (χ2n) is 9.64. The average Bonchev–Trinajstić information content (AvgIpc) is 3.49. The number of ether oxygens (including phenoxy) is 1. The third-order valence-electron chi connectivity index (χ3n) is 7.41. The van der Waals surface area contributed by atoms with E-state index in [2.05, 4.69) is 15.6 Å². The van der Waals surface area contributed by atoms with Gasteiger partial charge in [0, 0.05) is 42.7 Å². The number of carbonyl (C=O) groups is 4. The number of anilines is 1. The molecule has 10 nitrogen and oxygen atoms in total. The molecule has 1 aromatic carbocycles. The number of hydrogen-bond acceptors (Lipinski definition) is 6. The summed E-state index contributed by atoms with van der Waals surface area (Å²) >= 11 is 0. The minimum absolute atomic E-state index is 0.0232. The Labute approximate surface area is 209 Å². The fraction of sp³-hybridized carbons (Fsp3) is 0.423. The van der Waals surface area contributed by atoms with Crippen LogP contribution in [-0.2, 0) is 26.3 Å². The first-order valence-electron chi connectivity index (χ1n) is 12.1. The van der Waals surface area contributed by atoms with Crippen molar-refractivity contribution in [1.29, 1.82) is 0 Å². The van der Waals surface area contributed by atoms with Gasteiger partial charge in [-0.25, -0.2) is 14.5 Å². The third-order valence-corrected chi connectivity index (χ3v) is 7.41. The summed E-state index contributed by atoms with van der Waals surface area (Å²) in [5.74, 6) is -0.816. The molecular weight excluding hydrogens is 462 g/mol. The van der Waals surface area contributed by atoms with Crippen LogP contribution < -0.4 is 10.6 Å². The molecule has 2 N–H and O–H groups in total. The summed E-state index contributed by atoms with van der Waals surface area (Å²) in [5, 5.41) is 5.19. The fourth-order valence-corrected chi connectivity index (χ4v) is 5.55. The number of aromatic nitrogens is 1. The molecule has 0 bridgehead atoms. The van der Waals surface area contributed by atoms with Gasteiger partial charge in [0.15, 0.2) is 0 Å². The van der Waals surface area contributed by atoms with Crippen molar-refractivity contribution in [1.82, 2.24) is 20.1 Å². The van der Waals surface area contributed by atoms with E-state index in [0.717, 1.165) is 34.6 Å². The van der Waals surface area contributed by atoms with E-state index in [4.69, 9.17) is 4.74 Å². The lowest BCUT2D eigenvalue weighted by molar-refractivity contribution is -0.143. The lowest BCUT2D eigenvalue weighted by Gasteiger charge is -2.30. The fourth-order valence-electron chi connectivity index (χ4n) is 5.55. The molecule has 2 saturated heterocycles. The van der Waals surface area contributed by atoms with Crippen LogP contribution in [0.5, 0.6) is 0 Å². The molecule has 1 aliphatic carbocycles. The zero-order valence-corrected chi connectivity index (χ0v) is 20.5. The summed E-state index contributed by atoms with van der Waals surface area (Å²) in [6.07, 6.45) is 3.38. The molecule has 5 amide bonds. The molecule has 0 saturated carbocycles. The number of likely N-dealkylation sites (tertiary alicyclic amines) is 1. The van der Waals surface area contributed by atoms with Crippen molar-refractivity contribution in [2.75, 3.05) is 18.9 Å². The molecule has 2 aliphatic heterocycles. The number of fused-ring (bicyclic) bond motifs is 2. The van der Waals surface area contributed by atoms with E-state index in [1.165, 1.54) is 7.05 Å². The Morgan fingerprint density at radius 1 is 1.19 bits per heavy atom. The second-order valence-corrected chi connectivity index (χ2v) is 9.64. The second kappa shape index (κ2) is 8.92. The van der Waals surface area contributed by atoms with Gasteiger partial charge in [0.1, 0.15) is 6.54 Å². The molecule has 1 aromatic heterocycles. The van der Waals surface area contributed by atoms with Gasteiger partial charge >= 0.3 is 12.1 Å². The SMILES string of the molecule is CNC(=O)Nc1ccc2c(c1)CCC21OC(=O)N(CC(=O)N2[C@@H](C)CC[C@H]2c2ccc(C)nc2)C1=O. The van der Waals surface area contributed by atoms with Crippen LogP contribution in [0.15, 0.2) is 36.5 Å². The predicted octanol–water partition coefficient (Wildman–Crippen LogP) is 3.01. The minimum atomic E-state index is -1.44. The van der Waals surface area contributed by atoms with Gasteiger partial charge in [0.2, 0.25) is 11.5 Å². The van der Waals surface area contributed by atoms with Gasteiger partial charge in [0.25, 0.3) is 5.91 Å². The molecular formula is C26H29N5O5. The number of amides is 5. The van der Waals surface area contributed by atoms with Crippen molar-refractivity contribution in [2.45, 2.75) is 57.2 Å². The number of nitrogens with zero attached hydrogens (tertiary/aromatic N) is 3. The molecule has 5 rings (SSSR count). The number of benzene rings is 1. The molecule has 3 atom stereocenters. The summed E-state index contributed by atoms with van der Waals surface area (Å²) in [6.45, 7) is 3.51. The Hall–Kier alpha value is -3.95. The zero-order valence-electron chi connectivity index (χ0n) is 20.5. The van der Waals surface area contributed by atoms with Crippen LogP contribution in [0.3, 0.4) is 0 Å². The van der Waals surface area contributed by atoms with Crippen molar-refractivity contribution in [2.24, 2.45) is 0 Å². The lowest BCUT2D eigenvalue weighted by Crippen LogP contribution is -2.46. The van der Waals surface area contributed by atoms with Crippen molar-refractivity contribution in [3.05, 3.63) is 58.9 Å². The van der Waals surface area contributed by atoms with Crippen molar-refractivity contribution < 1.29 is 23.9 Å². The highest BCUT2D eigenvalue weighted by Gasteiger charge is 2.58. The Morgan fingerprint density at radius 3 is 2.72 bits per heavy atom. The molecule has 3 aliphatic rings. The van der Waals surface area contributed by atoms with E-state index >= 15 is 0 Å². The molecule has 1 unspecified atom stereocenters. The van der Waals surface area contributed by atoms with E-state index in [1.807, 2.05) is 26.0 Å². The number of nitrogens with one attached hydrogen (secondary N) is 2. The van der Waals surface area contributed by atoms with Crippen LogP contribution >= 0.6 is 0 Å². The van der Waals surface area contributed by atoms with Crippen LogP contribution in [-0.4, -0.2) is 58.4 Å². The number of rotatable bonds is 4. The molecule has 188 valence electrons. The van der Waals surface area contributed by atoms with Crippen LogP contribution in [0.2, 0.25) is 0 Å². The number of carbonyl (C=O) groups excluding carboxylic acids is 4. The van der Waals surface area contributed by atoms with Crippen LogP contribution in [0, 0.1) is 6.92 Å². The number of imide groups is 1. The average molecular weight is 492 g/mol. The first-order chi connectivity index (χ1) is 17.2. The predicted molar refractivity (Wildman–Crippen MR) is 130 cm³/mol. The smallest absolute Gasteiger partial charge is 0.418 e. The molecule has 0 radical (unpaired) electrons. The number of aryl methyl sites for hydroxylation is 2. The standard InChI is InChI=1S/C26H29N5O5/c1-15-4-6-18(13-28-15)21-9-5-16(2)31(21)22(32)14-30-23(33)26(36-25(30)35)11-10-17-12-19(7-8-20(17)26)29-24(34)27-3/h4,6-8,12-13,16,21H,5,9-11,14H2,1-3H3,(H2,27,29,34)/t16-,21-,26?/m0/s1. The van der Waals surface area contributed by atoms with Crippen LogP contribution in [0.1, 0.15) is 54.6 Å². The van der Waals surface area contributed by atoms with Crippen molar-refractivity contribution in [3.63, 3.8) is 0 Å². The Morgan fingerprint density at radius 2 is 2.00 bits per heavy atom. The van der Waals surface area contributed by atoms with E-state index in [0.29, 0.717) is 24.1 Å².